The largest absolute Gasteiger partial charge is 0.385 e. The molecule has 1 aliphatic heterocycles. The predicted molar refractivity (Wildman–Crippen MR) is 62.2 cm³/mol. The number of thioether (sulfide) groups is 1. The Morgan fingerprint density at radius 2 is 2.27 bits per heavy atom. The second-order valence-electron chi connectivity index (χ2n) is 3.45. The predicted octanol–water partition coefficient (Wildman–Crippen LogP) is 2.46. The molecule has 2 rings (SSSR count). The van der Waals surface area contributed by atoms with E-state index in [1.54, 1.807) is 7.11 Å². The third-order valence-corrected chi connectivity index (χ3v) is 3.61. The number of hydrogen-bond donors (Lipinski definition) is 0. The van der Waals surface area contributed by atoms with Crippen LogP contribution in [0.2, 0.25) is 5.15 Å². The van der Waals surface area contributed by atoms with Crippen LogP contribution in [0, 0.1) is 0 Å². The van der Waals surface area contributed by atoms with Crippen LogP contribution in [0.15, 0.2) is 0 Å². The first-order valence-electron chi connectivity index (χ1n) is 4.92. The number of fused-ring (bicyclic) bond motifs is 1. The van der Waals surface area contributed by atoms with Gasteiger partial charge in [-0.15, -0.1) is 0 Å². The van der Waals surface area contributed by atoms with E-state index in [1.807, 2.05) is 11.8 Å². The minimum absolute atomic E-state index is 0.636. The molecule has 0 aliphatic carbocycles. The van der Waals surface area contributed by atoms with Gasteiger partial charge in [0.25, 0.3) is 0 Å². The maximum Gasteiger partial charge on any atom is 0.137 e. The molecule has 0 fully saturated rings. The molecule has 1 aromatic rings. The number of nitrogens with zero attached hydrogens (tertiary/aromatic N) is 2. The number of hydrogen-bond acceptors (Lipinski definition) is 4. The molecule has 0 saturated heterocycles. The van der Waals surface area contributed by atoms with Crippen molar-refractivity contribution in [2.24, 2.45) is 0 Å². The zero-order valence-corrected chi connectivity index (χ0v) is 10.2. The highest BCUT2D eigenvalue weighted by molar-refractivity contribution is 7.98. The molecular weight excluding hydrogens is 232 g/mol. The topological polar surface area (TPSA) is 35.0 Å². The van der Waals surface area contributed by atoms with Crippen LogP contribution in [0.25, 0.3) is 0 Å². The summed E-state index contributed by atoms with van der Waals surface area (Å²) >= 11 is 7.93. The van der Waals surface area contributed by atoms with Crippen LogP contribution in [-0.4, -0.2) is 23.7 Å². The van der Waals surface area contributed by atoms with E-state index >= 15 is 0 Å². The van der Waals surface area contributed by atoms with Crippen molar-refractivity contribution in [2.45, 2.75) is 24.3 Å². The van der Waals surface area contributed by atoms with E-state index in [0.29, 0.717) is 5.15 Å². The van der Waals surface area contributed by atoms with E-state index < -0.39 is 0 Å². The smallest absolute Gasteiger partial charge is 0.137 e. The highest BCUT2D eigenvalue weighted by atomic mass is 35.5. The minimum atomic E-state index is 0.636. The van der Waals surface area contributed by atoms with Crippen molar-refractivity contribution in [1.29, 1.82) is 0 Å². The monoisotopic (exact) mass is 244 g/mol. The van der Waals surface area contributed by atoms with Crippen LogP contribution in [-0.2, 0) is 22.7 Å². The molecule has 0 radical (unpaired) electrons. The van der Waals surface area contributed by atoms with Crippen molar-refractivity contribution in [3.05, 3.63) is 22.2 Å². The molecule has 0 saturated carbocycles. The van der Waals surface area contributed by atoms with E-state index in [9.17, 15) is 0 Å². The molecule has 0 atom stereocenters. The van der Waals surface area contributed by atoms with Gasteiger partial charge in [-0.2, -0.15) is 11.8 Å². The zero-order valence-electron chi connectivity index (χ0n) is 8.62. The molecule has 0 N–H and O–H groups in total. The number of rotatable bonds is 4. The maximum absolute atomic E-state index is 6.09. The number of ether oxygens (including phenoxy) is 1. The molecule has 82 valence electrons. The van der Waals surface area contributed by atoms with Crippen LogP contribution in [0.3, 0.4) is 0 Å². The van der Waals surface area contributed by atoms with E-state index in [1.165, 1.54) is 0 Å². The first kappa shape index (κ1) is 11.2. The van der Waals surface area contributed by atoms with Gasteiger partial charge in [0.1, 0.15) is 11.0 Å². The Morgan fingerprint density at radius 3 is 3.07 bits per heavy atom. The van der Waals surface area contributed by atoms with E-state index in [0.717, 1.165) is 48.0 Å². The van der Waals surface area contributed by atoms with Crippen molar-refractivity contribution in [1.82, 2.24) is 9.97 Å². The zero-order chi connectivity index (χ0) is 10.7. The number of methoxy groups -OCH3 is 1. The molecule has 3 nitrogen and oxygen atoms in total. The summed E-state index contributed by atoms with van der Waals surface area (Å²) in [5.41, 5.74) is 2.24. The number of aryl methyl sites for hydroxylation is 1. The lowest BCUT2D eigenvalue weighted by Crippen LogP contribution is -2.02. The number of halogens is 1. The Bertz CT molecular complexity index is 360. The van der Waals surface area contributed by atoms with Crippen LogP contribution < -0.4 is 0 Å². The first-order chi connectivity index (χ1) is 7.31. The van der Waals surface area contributed by atoms with Crippen molar-refractivity contribution < 1.29 is 4.74 Å². The fraction of sp³-hybridized carbons (Fsp3) is 0.600. The molecule has 15 heavy (non-hydrogen) atoms. The van der Waals surface area contributed by atoms with Gasteiger partial charge in [0, 0.05) is 37.2 Å². The molecule has 5 heteroatoms. The Kier molecular flexibility index (Phi) is 3.83. The second kappa shape index (κ2) is 5.14. The molecule has 0 aromatic carbocycles. The Balaban J connectivity index is 2.09. The van der Waals surface area contributed by atoms with Gasteiger partial charge in [0.15, 0.2) is 0 Å². The van der Waals surface area contributed by atoms with Gasteiger partial charge < -0.3 is 4.74 Å². The summed E-state index contributed by atoms with van der Waals surface area (Å²) in [6, 6.07) is 0. The third kappa shape index (κ3) is 2.62. The molecule has 1 aliphatic rings. The summed E-state index contributed by atoms with van der Waals surface area (Å²) < 4.78 is 4.99. The van der Waals surface area contributed by atoms with E-state index in [4.69, 9.17) is 16.3 Å². The fourth-order valence-electron chi connectivity index (χ4n) is 1.55. The molecule has 0 amide bonds. The van der Waals surface area contributed by atoms with Crippen LogP contribution in [0.5, 0.6) is 0 Å². The fourth-order valence-corrected chi connectivity index (χ4v) is 2.94. The summed E-state index contributed by atoms with van der Waals surface area (Å²) in [4.78, 5) is 8.82. The van der Waals surface area contributed by atoms with Gasteiger partial charge in [-0.05, 0) is 6.42 Å². The maximum atomic E-state index is 6.09. The third-order valence-electron chi connectivity index (χ3n) is 2.32. The van der Waals surface area contributed by atoms with Gasteiger partial charge in [-0.1, -0.05) is 11.6 Å². The van der Waals surface area contributed by atoms with Crippen LogP contribution in [0.4, 0.5) is 0 Å². The average molecular weight is 245 g/mol. The van der Waals surface area contributed by atoms with Gasteiger partial charge >= 0.3 is 0 Å². The van der Waals surface area contributed by atoms with Gasteiger partial charge in [-0.3, -0.25) is 0 Å². The lowest BCUT2D eigenvalue weighted by atomic mass is 10.2. The van der Waals surface area contributed by atoms with Crippen molar-refractivity contribution in [2.75, 3.05) is 13.7 Å². The average Bonchev–Trinajstić information content (AvgIpc) is 2.66. The Hall–Kier alpha value is -0.320. The van der Waals surface area contributed by atoms with Crippen LogP contribution >= 0.6 is 23.4 Å². The van der Waals surface area contributed by atoms with Gasteiger partial charge in [0.2, 0.25) is 0 Å². The molecule has 0 unspecified atom stereocenters. The lowest BCUT2D eigenvalue weighted by molar-refractivity contribution is 0.194. The first-order valence-corrected chi connectivity index (χ1v) is 6.45. The second-order valence-corrected chi connectivity index (χ2v) is 4.79. The normalized spacial score (nSPS) is 14.3. The Labute approximate surface area is 98.6 Å². The summed E-state index contributed by atoms with van der Waals surface area (Å²) in [6.07, 6.45) is 1.78. The summed E-state index contributed by atoms with van der Waals surface area (Å²) in [5, 5.41) is 0.636. The molecule has 1 aromatic heterocycles. The summed E-state index contributed by atoms with van der Waals surface area (Å²) in [7, 11) is 1.70. The summed E-state index contributed by atoms with van der Waals surface area (Å²) in [6.45, 7) is 0.743. The highest BCUT2D eigenvalue weighted by Crippen LogP contribution is 2.32. The van der Waals surface area contributed by atoms with E-state index in [-0.39, 0.29) is 0 Å². The van der Waals surface area contributed by atoms with Crippen LogP contribution in [0.1, 0.15) is 23.5 Å². The van der Waals surface area contributed by atoms with E-state index in [2.05, 4.69) is 9.97 Å². The molecular formula is C10H13ClN2OS. The summed E-state index contributed by atoms with van der Waals surface area (Å²) in [5.74, 6) is 2.76. The van der Waals surface area contributed by atoms with Gasteiger partial charge in [-0.25, -0.2) is 9.97 Å². The molecule has 0 spiro atoms. The van der Waals surface area contributed by atoms with Gasteiger partial charge in [0.05, 0.1) is 5.69 Å². The van der Waals surface area contributed by atoms with Crippen molar-refractivity contribution in [3.63, 3.8) is 0 Å². The SMILES string of the molecule is COCCCc1nc(Cl)c2c(n1)CSC2. The molecule has 0 bridgehead atoms. The minimum Gasteiger partial charge on any atom is -0.385 e. The molecule has 2 heterocycles. The highest BCUT2D eigenvalue weighted by Gasteiger charge is 2.18. The Morgan fingerprint density at radius 1 is 1.40 bits per heavy atom. The van der Waals surface area contributed by atoms with Crippen molar-refractivity contribution >= 4 is 23.4 Å². The standard InChI is InChI=1S/C10H13ClN2OS/c1-14-4-2-3-9-12-8-6-15-5-7(8)10(11)13-9/h2-6H2,1H3. The van der Waals surface area contributed by atoms with Crippen molar-refractivity contribution in [3.8, 4) is 0 Å². The quantitative estimate of drug-likeness (QED) is 0.602. The number of aromatic nitrogens is 2. The lowest BCUT2D eigenvalue weighted by Gasteiger charge is -2.04.